The number of rotatable bonds is 12. The Morgan fingerprint density at radius 1 is 0.972 bits per heavy atom. The maximum absolute atomic E-state index is 12.7. The fraction of sp³-hybridized carbons (Fsp3) is 0.538. The number of likely N-dealkylation sites (N-methyl/N-ethyl adjacent to an activating group) is 1. The van der Waals surface area contributed by atoms with Crippen molar-refractivity contribution in [1.82, 2.24) is 0 Å². The molecule has 0 N–H and O–H groups in total. The van der Waals surface area contributed by atoms with Gasteiger partial charge in [0, 0.05) is 24.8 Å². The minimum atomic E-state index is -0.906. The smallest absolute Gasteiger partial charge is 0.367 e. The lowest BCUT2D eigenvalue weighted by molar-refractivity contribution is -0.935. The van der Waals surface area contributed by atoms with E-state index in [-0.39, 0.29) is 30.3 Å². The number of esters is 3. The van der Waals surface area contributed by atoms with E-state index in [9.17, 15) is 19.2 Å². The fourth-order valence-electron chi connectivity index (χ4n) is 4.08. The molecule has 10 nitrogen and oxygen atoms in total. The van der Waals surface area contributed by atoms with Crippen molar-refractivity contribution < 1.29 is 42.2 Å². The highest BCUT2D eigenvalue weighted by molar-refractivity contribution is 5.79. The van der Waals surface area contributed by atoms with Crippen LogP contribution >= 0.6 is 0 Å². The molecule has 0 spiro atoms. The maximum atomic E-state index is 12.7. The van der Waals surface area contributed by atoms with Gasteiger partial charge >= 0.3 is 23.5 Å². The maximum Gasteiger partial charge on any atom is 0.367 e. The normalized spacial score (nSPS) is 13.5. The molecular formula is C26H36NO9+. The minimum absolute atomic E-state index is 0.113. The van der Waals surface area contributed by atoms with E-state index in [0.29, 0.717) is 29.7 Å². The number of hydrogen-bond donors (Lipinski definition) is 0. The van der Waals surface area contributed by atoms with Crippen molar-refractivity contribution >= 4 is 28.9 Å². The van der Waals surface area contributed by atoms with Crippen molar-refractivity contribution in [2.24, 2.45) is 5.41 Å². The third kappa shape index (κ3) is 6.84. The monoisotopic (exact) mass is 506 g/mol. The molecule has 36 heavy (non-hydrogen) atoms. The van der Waals surface area contributed by atoms with Gasteiger partial charge in [0.25, 0.3) is 0 Å². The summed E-state index contributed by atoms with van der Waals surface area (Å²) in [6, 6.07) is 7.68. The summed E-state index contributed by atoms with van der Waals surface area (Å²) in [7, 11) is 5.11. The van der Waals surface area contributed by atoms with Gasteiger partial charge < -0.3 is 27.8 Å². The summed E-state index contributed by atoms with van der Waals surface area (Å²) < 4.78 is 26.1. The molecular weight excluding hydrogens is 470 g/mol. The van der Waals surface area contributed by atoms with E-state index in [1.54, 1.807) is 38.1 Å². The van der Waals surface area contributed by atoms with Crippen LogP contribution in [0.1, 0.15) is 34.1 Å². The molecule has 0 aliphatic heterocycles. The highest BCUT2D eigenvalue weighted by atomic mass is 16.6. The Bertz CT molecular complexity index is 1150. The Morgan fingerprint density at radius 2 is 1.64 bits per heavy atom. The van der Waals surface area contributed by atoms with E-state index < -0.39 is 28.5 Å². The van der Waals surface area contributed by atoms with Gasteiger partial charge in [-0.1, -0.05) is 6.92 Å². The largest absolute Gasteiger partial charge is 0.482 e. The lowest BCUT2D eigenvalue weighted by Gasteiger charge is -2.46. The summed E-state index contributed by atoms with van der Waals surface area (Å²) in [5, 5.41) is 0.655. The van der Waals surface area contributed by atoms with Crippen molar-refractivity contribution in [1.29, 1.82) is 0 Å². The number of benzene rings is 1. The predicted molar refractivity (Wildman–Crippen MR) is 131 cm³/mol. The zero-order chi connectivity index (χ0) is 27.1. The second-order valence-corrected chi connectivity index (χ2v) is 9.95. The molecule has 1 heterocycles. The molecule has 2 rings (SSSR count). The second-order valence-electron chi connectivity index (χ2n) is 9.95. The van der Waals surface area contributed by atoms with Crippen LogP contribution < -0.4 is 10.4 Å². The Hall–Kier alpha value is -3.40. The van der Waals surface area contributed by atoms with Crippen LogP contribution in [0.5, 0.6) is 5.75 Å². The Balaban J connectivity index is 1.81. The number of hydrogen-bond acceptors (Lipinski definition) is 9. The summed E-state index contributed by atoms with van der Waals surface area (Å²) in [6.07, 6.45) is 0.533. The fourth-order valence-corrected chi connectivity index (χ4v) is 4.08. The summed E-state index contributed by atoms with van der Waals surface area (Å²) in [6.45, 7) is 6.97. The third-order valence-corrected chi connectivity index (χ3v) is 6.52. The van der Waals surface area contributed by atoms with Gasteiger partial charge in [0.05, 0.1) is 27.7 Å². The van der Waals surface area contributed by atoms with Crippen LogP contribution in [-0.2, 0) is 28.6 Å². The van der Waals surface area contributed by atoms with Crippen molar-refractivity contribution in [2.75, 3.05) is 47.6 Å². The highest BCUT2D eigenvalue weighted by Crippen LogP contribution is 2.32. The molecule has 0 saturated heterocycles. The topological polar surface area (TPSA) is 118 Å². The van der Waals surface area contributed by atoms with Gasteiger partial charge in [-0.3, -0.25) is 4.79 Å². The van der Waals surface area contributed by atoms with Gasteiger partial charge in [-0.15, -0.1) is 0 Å². The van der Waals surface area contributed by atoms with Crippen molar-refractivity contribution in [3.63, 3.8) is 0 Å². The van der Waals surface area contributed by atoms with Crippen LogP contribution in [0, 0.1) is 5.41 Å². The number of carbonyl (C=O) groups is 3. The molecule has 2 aromatic rings. The van der Waals surface area contributed by atoms with Crippen LogP contribution in [0.25, 0.3) is 11.0 Å². The highest BCUT2D eigenvalue weighted by Gasteiger charge is 2.51. The SMILES string of the molecule is CCC(C)(C(=O)OC)[N+](C)(C)CC(C)(C)C(=O)OCCOC(=O)COc1ccc2oc(=O)ccc2c1. The van der Waals surface area contributed by atoms with Crippen LogP contribution in [0.4, 0.5) is 0 Å². The Labute approximate surface area is 210 Å². The van der Waals surface area contributed by atoms with Crippen LogP contribution in [-0.4, -0.2) is 75.5 Å². The molecule has 0 amide bonds. The lowest BCUT2D eigenvalue weighted by atomic mass is 9.86. The molecule has 0 fully saturated rings. The van der Waals surface area contributed by atoms with Gasteiger partial charge in [0.15, 0.2) is 12.1 Å². The number of ether oxygens (including phenoxy) is 4. The van der Waals surface area contributed by atoms with E-state index >= 15 is 0 Å². The van der Waals surface area contributed by atoms with E-state index in [4.69, 9.17) is 23.4 Å². The molecule has 0 radical (unpaired) electrons. The molecule has 0 aliphatic rings. The van der Waals surface area contributed by atoms with Crippen LogP contribution in [0.3, 0.4) is 0 Å². The molecule has 198 valence electrons. The number of quaternary nitrogens is 1. The van der Waals surface area contributed by atoms with E-state index in [2.05, 4.69) is 0 Å². The molecule has 0 saturated carbocycles. The first-order valence-electron chi connectivity index (χ1n) is 11.7. The average Bonchev–Trinajstić information content (AvgIpc) is 2.83. The zero-order valence-electron chi connectivity index (χ0n) is 22.0. The van der Waals surface area contributed by atoms with Gasteiger partial charge in [0.2, 0.25) is 0 Å². The lowest BCUT2D eigenvalue weighted by Crippen LogP contribution is -2.65. The molecule has 0 bridgehead atoms. The van der Waals surface area contributed by atoms with Gasteiger partial charge in [-0.25, -0.2) is 14.4 Å². The first-order valence-corrected chi connectivity index (χ1v) is 11.7. The summed E-state index contributed by atoms with van der Waals surface area (Å²) in [4.78, 5) is 48.4. The van der Waals surface area contributed by atoms with Crippen LogP contribution in [0.15, 0.2) is 39.5 Å². The van der Waals surface area contributed by atoms with Crippen molar-refractivity contribution in [3.05, 3.63) is 40.8 Å². The predicted octanol–water partition coefficient (Wildman–Crippen LogP) is 2.70. The molecule has 1 aromatic carbocycles. The summed E-state index contributed by atoms with van der Waals surface area (Å²) in [5.41, 5.74) is -1.78. The number of carbonyl (C=O) groups excluding carboxylic acids is 3. The first kappa shape index (κ1) is 28.8. The van der Waals surface area contributed by atoms with Crippen molar-refractivity contribution in [2.45, 2.75) is 39.7 Å². The van der Waals surface area contributed by atoms with E-state index in [1.165, 1.54) is 13.2 Å². The first-order chi connectivity index (χ1) is 16.8. The molecule has 1 aromatic heterocycles. The number of fused-ring (bicyclic) bond motifs is 1. The minimum Gasteiger partial charge on any atom is -0.482 e. The molecule has 10 heteroatoms. The van der Waals surface area contributed by atoms with Crippen LogP contribution in [0.2, 0.25) is 0 Å². The zero-order valence-corrected chi connectivity index (χ0v) is 22.0. The van der Waals surface area contributed by atoms with Gasteiger partial charge in [-0.2, -0.15) is 0 Å². The van der Waals surface area contributed by atoms with E-state index in [0.717, 1.165) is 0 Å². The summed E-state index contributed by atoms with van der Waals surface area (Å²) in [5.74, 6) is -1.02. The number of nitrogens with zero attached hydrogens (tertiary/aromatic N) is 1. The van der Waals surface area contributed by atoms with Gasteiger partial charge in [0.1, 0.15) is 30.0 Å². The summed E-state index contributed by atoms with van der Waals surface area (Å²) >= 11 is 0. The molecule has 1 unspecified atom stereocenters. The third-order valence-electron chi connectivity index (χ3n) is 6.52. The standard InChI is InChI=1S/C26H36NO9/c1-8-26(4,24(31)32-7)27(5,6)17-25(2,3)23(30)34-14-13-33-22(29)16-35-19-10-11-20-18(15-19)9-12-21(28)36-20/h9-12,15H,8,13-14,16-17H2,1-7H3/q+1. The molecule has 0 aliphatic carbocycles. The van der Waals surface area contributed by atoms with Gasteiger partial charge in [-0.05, 0) is 38.1 Å². The Morgan fingerprint density at radius 3 is 2.28 bits per heavy atom. The van der Waals surface area contributed by atoms with E-state index in [1.807, 2.05) is 27.9 Å². The average molecular weight is 507 g/mol. The molecule has 1 atom stereocenters. The Kier molecular flexibility index (Phi) is 9.26. The number of methoxy groups -OCH3 is 1. The van der Waals surface area contributed by atoms with Crippen molar-refractivity contribution in [3.8, 4) is 5.75 Å². The quantitative estimate of drug-likeness (QED) is 0.141. The second kappa shape index (κ2) is 11.6.